The molecule has 88 valence electrons. The fraction of sp³-hybridized carbons (Fsp3) is 0. The summed E-state index contributed by atoms with van der Waals surface area (Å²) >= 11 is 29.8. The van der Waals surface area contributed by atoms with Crippen LogP contribution in [0.4, 0.5) is 0 Å². The van der Waals surface area contributed by atoms with Crippen LogP contribution in [0.1, 0.15) is 4.11 Å². The fourth-order valence-electron chi connectivity index (χ4n) is 1.27. The Morgan fingerprint density at radius 3 is 2.06 bits per heavy atom. The molecule has 0 radical (unpaired) electrons. The van der Waals surface area contributed by atoms with Gasteiger partial charge in [-0.3, -0.25) is 0 Å². The van der Waals surface area contributed by atoms with Gasteiger partial charge in [0.25, 0.3) is 0 Å². The third-order valence-electron chi connectivity index (χ3n) is 2.02. The first-order valence-electron chi connectivity index (χ1n) is 5.85. The fourth-order valence-corrected chi connectivity index (χ4v) is 2.25. The Bertz CT molecular complexity index is 686. The van der Waals surface area contributed by atoms with Crippen LogP contribution >= 0.6 is 58.0 Å². The summed E-state index contributed by atoms with van der Waals surface area (Å²) in [5.41, 5.74) is 0.493. The topological polar surface area (TPSA) is 0 Å². The van der Waals surface area contributed by atoms with Crippen molar-refractivity contribution in [2.24, 2.45) is 0 Å². The van der Waals surface area contributed by atoms with E-state index in [9.17, 15) is 0 Å². The van der Waals surface area contributed by atoms with Gasteiger partial charge in [0, 0.05) is 21.2 Å². The first-order chi connectivity index (χ1) is 9.25. The highest BCUT2D eigenvalue weighted by molar-refractivity contribution is 6.44. The van der Waals surface area contributed by atoms with Crippen molar-refractivity contribution < 1.29 is 4.11 Å². The first-order valence-corrected chi connectivity index (χ1v) is 6.24. The van der Waals surface area contributed by atoms with Crippen LogP contribution in [0.3, 0.4) is 0 Å². The second-order valence-electron chi connectivity index (χ2n) is 3.12. The van der Waals surface area contributed by atoms with Crippen molar-refractivity contribution in [3.05, 3.63) is 55.4 Å². The van der Waals surface area contributed by atoms with E-state index in [-0.39, 0.29) is 48.8 Å². The van der Waals surface area contributed by atoms with Crippen molar-refractivity contribution in [3.63, 3.8) is 0 Å². The first kappa shape index (κ1) is 9.77. The van der Waals surface area contributed by atoms with E-state index in [1.165, 1.54) is 12.1 Å². The van der Waals surface area contributed by atoms with E-state index in [1.54, 1.807) is 0 Å². The maximum absolute atomic E-state index is 7.98. The molecule has 2 aromatic carbocycles. The van der Waals surface area contributed by atoms with Crippen molar-refractivity contribution in [2.45, 2.75) is 0 Å². The predicted octanol–water partition coefficient (Wildman–Crippen LogP) is 6.62. The normalized spacial score (nSPS) is 13.1. The highest BCUT2D eigenvalue weighted by Gasteiger charge is 2.11. The summed E-state index contributed by atoms with van der Waals surface area (Å²) < 4.78 is 23.3. The van der Waals surface area contributed by atoms with E-state index in [2.05, 4.69) is 0 Å². The zero-order chi connectivity index (χ0) is 15.2. The minimum Gasteiger partial charge on any atom is -0.0843 e. The Morgan fingerprint density at radius 1 is 0.706 bits per heavy atom. The van der Waals surface area contributed by atoms with Crippen molar-refractivity contribution in [1.29, 1.82) is 0 Å². The van der Waals surface area contributed by atoms with Crippen LogP contribution in [0, 0.1) is 0 Å². The van der Waals surface area contributed by atoms with Gasteiger partial charge in [-0.15, -0.1) is 0 Å². The monoisotopic (exact) mass is 327 g/mol. The zero-order valence-corrected chi connectivity index (χ0v) is 11.8. The Kier molecular flexibility index (Phi) is 3.02. The average Bonchev–Trinajstić information content (AvgIpc) is 2.40. The van der Waals surface area contributed by atoms with E-state index in [0.717, 1.165) is 0 Å². The molecule has 0 saturated heterocycles. The molecule has 0 fully saturated rings. The maximum atomic E-state index is 7.98. The molecule has 0 bridgehead atoms. The van der Waals surface area contributed by atoms with Crippen LogP contribution in [-0.2, 0) is 0 Å². The lowest BCUT2D eigenvalue weighted by Gasteiger charge is -2.09. The van der Waals surface area contributed by atoms with Crippen LogP contribution < -0.4 is 0 Å². The molecule has 5 heteroatoms. The van der Waals surface area contributed by atoms with E-state index < -0.39 is 0 Å². The van der Waals surface area contributed by atoms with Gasteiger partial charge in [-0.2, -0.15) is 0 Å². The maximum Gasteiger partial charge on any atom is 0.0646 e. The SMILES string of the molecule is [2H]c1c([2H])c(Cl)c(-c2cc(Cl)c(Cl)cc2Cl)c([2H])c1Cl. The van der Waals surface area contributed by atoms with Crippen LogP contribution in [-0.4, -0.2) is 0 Å². The van der Waals surface area contributed by atoms with Gasteiger partial charge >= 0.3 is 0 Å². The molecule has 0 saturated carbocycles. The minimum absolute atomic E-state index is 0.0790. The van der Waals surface area contributed by atoms with Gasteiger partial charge in [0.1, 0.15) is 0 Å². The molecule has 0 spiro atoms. The van der Waals surface area contributed by atoms with E-state index in [4.69, 9.17) is 62.1 Å². The van der Waals surface area contributed by atoms with Gasteiger partial charge in [-0.05, 0) is 30.3 Å². The molecule has 0 aliphatic heterocycles. The predicted molar refractivity (Wildman–Crippen MR) is 76.9 cm³/mol. The zero-order valence-electron chi connectivity index (χ0n) is 11.0. The second kappa shape index (κ2) is 5.26. The second-order valence-corrected chi connectivity index (χ2v) is 5.10. The van der Waals surface area contributed by atoms with Gasteiger partial charge < -0.3 is 0 Å². The lowest BCUT2D eigenvalue weighted by atomic mass is 10.1. The van der Waals surface area contributed by atoms with Gasteiger partial charge in [0.15, 0.2) is 0 Å². The van der Waals surface area contributed by atoms with Gasteiger partial charge in [0.05, 0.1) is 19.2 Å². The van der Waals surface area contributed by atoms with Crippen LogP contribution in [0.5, 0.6) is 0 Å². The third kappa shape index (κ3) is 2.83. The number of hydrogen-bond acceptors (Lipinski definition) is 0. The summed E-state index contributed by atoms with van der Waals surface area (Å²) in [6.07, 6.45) is 0. The average molecular weight is 329 g/mol. The number of halogens is 5. The van der Waals surface area contributed by atoms with E-state index in [0.29, 0.717) is 5.56 Å². The highest BCUT2D eigenvalue weighted by atomic mass is 35.5. The lowest BCUT2D eigenvalue weighted by Crippen LogP contribution is -1.83. The van der Waals surface area contributed by atoms with E-state index in [1.807, 2.05) is 0 Å². The number of rotatable bonds is 1. The molecule has 0 aromatic heterocycles. The lowest BCUT2D eigenvalue weighted by molar-refractivity contribution is 1.61. The van der Waals surface area contributed by atoms with Crippen molar-refractivity contribution in [2.75, 3.05) is 0 Å². The Hall–Kier alpha value is -0.110. The number of benzene rings is 2. The van der Waals surface area contributed by atoms with Crippen molar-refractivity contribution in [1.82, 2.24) is 0 Å². The smallest absolute Gasteiger partial charge is 0.0646 e. The van der Waals surface area contributed by atoms with Crippen molar-refractivity contribution in [3.8, 4) is 11.1 Å². The summed E-state index contributed by atoms with van der Waals surface area (Å²) in [7, 11) is 0. The minimum atomic E-state index is -0.304. The number of hydrogen-bond donors (Lipinski definition) is 0. The van der Waals surface area contributed by atoms with Crippen molar-refractivity contribution >= 4 is 58.0 Å². The Labute approximate surface area is 128 Å². The molecule has 0 amide bonds. The molecule has 0 N–H and O–H groups in total. The molecule has 17 heavy (non-hydrogen) atoms. The third-order valence-corrected chi connectivity index (χ3v) is 3.52. The molecule has 2 aromatic rings. The molecule has 0 heterocycles. The van der Waals surface area contributed by atoms with Gasteiger partial charge in [0.2, 0.25) is 0 Å². The van der Waals surface area contributed by atoms with Gasteiger partial charge in [-0.25, -0.2) is 0 Å². The standard InChI is InChI=1S/C12H5Cl5/c13-6-1-2-9(14)7(3-6)8-4-11(16)12(17)5-10(8)15/h1-5H/i1D,2D,3D. The summed E-state index contributed by atoms with van der Waals surface area (Å²) in [6.45, 7) is 0. The summed E-state index contributed by atoms with van der Waals surface area (Å²) in [5.74, 6) is 0. The van der Waals surface area contributed by atoms with Crippen LogP contribution in [0.25, 0.3) is 11.1 Å². The molecule has 0 unspecified atom stereocenters. The molecular formula is C12H5Cl5. The summed E-state index contributed by atoms with van der Waals surface area (Å²) in [6, 6.07) is 2.11. The largest absolute Gasteiger partial charge is 0.0843 e. The molecule has 0 aliphatic rings. The quantitative estimate of drug-likeness (QED) is 0.516. The van der Waals surface area contributed by atoms with Gasteiger partial charge in [-0.1, -0.05) is 58.0 Å². The molecule has 0 atom stereocenters. The van der Waals surface area contributed by atoms with Crippen LogP contribution in [0.2, 0.25) is 25.1 Å². The van der Waals surface area contributed by atoms with E-state index >= 15 is 0 Å². The summed E-state index contributed by atoms with van der Waals surface area (Å²) in [4.78, 5) is 0. The Morgan fingerprint density at radius 2 is 1.35 bits per heavy atom. The molecular weight excluding hydrogens is 321 g/mol. The highest BCUT2D eigenvalue weighted by Crippen LogP contribution is 2.39. The van der Waals surface area contributed by atoms with Crippen LogP contribution in [0.15, 0.2) is 30.3 Å². The molecule has 2 rings (SSSR count). The molecule has 0 nitrogen and oxygen atoms in total. The molecule has 0 aliphatic carbocycles. The summed E-state index contributed by atoms with van der Waals surface area (Å²) in [5, 5.41) is 0.473. The Balaban J connectivity index is 2.87.